The van der Waals surface area contributed by atoms with Crippen LogP contribution in [0, 0.1) is 17.0 Å². The molecular formula is C6H5ClN2O2. The Balaban J connectivity index is 3.44. The molecule has 0 saturated carbocycles. The van der Waals surface area contributed by atoms with Crippen molar-refractivity contribution in [3.8, 4) is 0 Å². The summed E-state index contributed by atoms with van der Waals surface area (Å²) in [5, 5.41) is 10.1. The Hall–Kier alpha value is -1.16. The average Bonchev–Trinajstić information content (AvgIpc) is 2.01. The molecule has 0 aliphatic carbocycles. The third-order valence-corrected chi connectivity index (χ3v) is 1.34. The first-order valence-corrected chi connectivity index (χ1v) is 3.01. The fourth-order valence-corrected chi connectivity index (χ4v) is 0.829. The number of aromatic nitrogens is 1. The second-order valence-electron chi connectivity index (χ2n) is 1.76. The molecule has 0 bridgehead atoms. The predicted octanol–water partition coefficient (Wildman–Crippen LogP) is 1.95. The van der Waals surface area contributed by atoms with Crippen molar-refractivity contribution in [2.75, 3.05) is 0 Å². The summed E-state index contributed by atoms with van der Waals surface area (Å²) in [4.78, 5) is 13.1. The van der Waals surface area contributed by atoms with Gasteiger partial charge in [0.05, 0.1) is 4.92 Å². The molecule has 1 aromatic rings. The molecule has 5 heteroatoms. The van der Waals surface area contributed by atoms with Crippen LogP contribution < -0.4 is 0 Å². The number of pyridine rings is 1. The smallest absolute Gasteiger partial charge is 0.258 e. The first-order chi connectivity index (χ1) is 6.34. The van der Waals surface area contributed by atoms with Crippen LogP contribution in [0.1, 0.15) is 9.68 Å². The molecule has 11 heavy (non-hydrogen) atoms. The third kappa shape index (κ3) is 1.46. The molecule has 1 heterocycles. The summed E-state index contributed by atoms with van der Waals surface area (Å²) in [5.74, 6) is 0. The monoisotopic (exact) mass is 175 g/mol. The molecule has 0 atom stereocenters. The Morgan fingerprint density at radius 2 is 2.64 bits per heavy atom. The van der Waals surface area contributed by atoms with Crippen molar-refractivity contribution in [3.63, 3.8) is 0 Å². The van der Waals surface area contributed by atoms with E-state index in [9.17, 15) is 10.1 Å². The molecule has 0 N–H and O–H groups in total. The molecule has 0 unspecified atom stereocenters. The van der Waals surface area contributed by atoms with Crippen LogP contribution in [0.15, 0.2) is 12.3 Å². The summed E-state index contributed by atoms with van der Waals surface area (Å²) in [5.41, 5.74) is -1.06. The molecule has 1 rings (SSSR count). The first kappa shape index (κ1) is 4.66. The van der Waals surface area contributed by atoms with Gasteiger partial charge >= 0.3 is 5.69 Å². The van der Waals surface area contributed by atoms with E-state index in [0.717, 1.165) is 12.3 Å². The predicted molar refractivity (Wildman–Crippen MR) is 40.6 cm³/mol. The summed E-state index contributed by atoms with van der Waals surface area (Å²) in [6, 6.07) is 1.07. The highest BCUT2D eigenvalue weighted by Gasteiger charge is 2.15. The summed E-state index contributed by atoms with van der Waals surface area (Å²) >= 11 is 5.43. The second kappa shape index (κ2) is 2.84. The highest BCUT2D eigenvalue weighted by Crippen LogP contribution is 2.24. The van der Waals surface area contributed by atoms with Gasteiger partial charge < -0.3 is 0 Å². The first-order valence-electron chi connectivity index (χ1n) is 4.13. The summed E-state index contributed by atoms with van der Waals surface area (Å²) in [6.07, 6.45) is 1.12. The van der Waals surface area contributed by atoms with E-state index in [2.05, 4.69) is 4.98 Å². The van der Waals surface area contributed by atoms with Gasteiger partial charge in [0, 0.05) is 15.9 Å². The molecule has 0 radical (unpaired) electrons. The molecule has 0 saturated heterocycles. The van der Waals surface area contributed by atoms with Crippen molar-refractivity contribution in [2.24, 2.45) is 0 Å². The fraction of sp³-hybridized carbons (Fsp3) is 0.167. The van der Waals surface area contributed by atoms with E-state index in [0.29, 0.717) is 0 Å². The number of aryl methyl sites for hydroxylation is 1. The van der Waals surface area contributed by atoms with Gasteiger partial charge in [-0.25, -0.2) is 4.98 Å². The van der Waals surface area contributed by atoms with Gasteiger partial charge in [0.2, 0.25) is 5.15 Å². The summed E-state index contributed by atoms with van der Waals surface area (Å²) in [6.45, 7) is -2.56. The van der Waals surface area contributed by atoms with Crippen LogP contribution in [0.3, 0.4) is 0 Å². The van der Waals surface area contributed by atoms with E-state index in [1.807, 2.05) is 0 Å². The second-order valence-corrected chi connectivity index (χ2v) is 2.11. The Kier molecular flexibility index (Phi) is 1.20. The third-order valence-electron chi connectivity index (χ3n) is 1.06. The number of hydrogen-bond acceptors (Lipinski definition) is 3. The van der Waals surface area contributed by atoms with Gasteiger partial charge in [0.25, 0.3) is 0 Å². The van der Waals surface area contributed by atoms with Gasteiger partial charge in [-0.05, 0) is 12.9 Å². The van der Waals surface area contributed by atoms with E-state index < -0.39 is 28.2 Å². The van der Waals surface area contributed by atoms with Crippen molar-refractivity contribution in [1.29, 1.82) is 0 Å². The van der Waals surface area contributed by atoms with Gasteiger partial charge in [-0.1, -0.05) is 11.6 Å². The topological polar surface area (TPSA) is 56.0 Å². The van der Waals surface area contributed by atoms with Crippen LogP contribution in [0.5, 0.6) is 0 Å². The van der Waals surface area contributed by atoms with E-state index in [4.69, 9.17) is 15.7 Å². The standard InChI is InChI=1S/C6H5ClN2O2/c1-4-2-3-8-6(7)5(4)9(10)11/h2-3H,1H3/i1D3. The Labute approximate surface area is 72.2 Å². The maximum atomic E-state index is 10.5. The number of rotatable bonds is 1. The number of nitrogens with zero attached hydrogens (tertiary/aromatic N) is 2. The quantitative estimate of drug-likeness (QED) is 0.372. The van der Waals surface area contributed by atoms with Crippen molar-refractivity contribution >= 4 is 17.3 Å². The molecule has 0 aliphatic heterocycles. The van der Waals surface area contributed by atoms with Crippen LogP contribution in [0.25, 0.3) is 0 Å². The lowest BCUT2D eigenvalue weighted by atomic mass is 10.3. The maximum absolute atomic E-state index is 10.5. The molecule has 4 nitrogen and oxygen atoms in total. The molecule has 0 spiro atoms. The zero-order valence-corrected chi connectivity index (χ0v) is 6.00. The minimum atomic E-state index is -2.56. The molecule has 0 aromatic carbocycles. The highest BCUT2D eigenvalue weighted by atomic mass is 35.5. The van der Waals surface area contributed by atoms with Crippen LogP contribution in [-0.4, -0.2) is 9.91 Å². The minimum Gasteiger partial charge on any atom is -0.258 e. The molecule has 0 fully saturated rings. The van der Waals surface area contributed by atoms with Gasteiger partial charge in [0.1, 0.15) is 0 Å². The van der Waals surface area contributed by atoms with E-state index in [1.165, 1.54) is 0 Å². The zero-order chi connectivity index (χ0) is 10.9. The van der Waals surface area contributed by atoms with E-state index >= 15 is 0 Å². The summed E-state index contributed by atoms with van der Waals surface area (Å²) in [7, 11) is 0. The molecule has 0 amide bonds. The van der Waals surface area contributed by atoms with Crippen molar-refractivity contribution in [2.45, 2.75) is 6.85 Å². The highest BCUT2D eigenvalue weighted by molar-refractivity contribution is 6.31. The van der Waals surface area contributed by atoms with Gasteiger partial charge in [-0.2, -0.15) is 0 Å². The lowest BCUT2D eigenvalue weighted by molar-refractivity contribution is -0.385. The largest absolute Gasteiger partial charge is 0.309 e. The zero-order valence-electron chi connectivity index (χ0n) is 8.24. The van der Waals surface area contributed by atoms with Crippen LogP contribution in [0.4, 0.5) is 5.69 Å². The normalized spacial score (nSPS) is 14.8. The number of halogens is 1. The van der Waals surface area contributed by atoms with Crippen LogP contribution >= 0.6 is 11.6 Å². The summed E-state index contributed by atoms with van der Waals surface area (Å²) < 4.78 is 21.1. The molecular weight excluding hydrogens is 168 g/mol. The number of nitro groups is 1. The van der Waals surface area contributed by atoms with Crippen molar-refractivity contribution < 1.29 is 9.04 Å². The average molecular weight is 176 g/mol. The lowest BCUT2D eigenvalue weighted by Crippen LogP contribution is -1.93. The van der Waals surface area contributed by atoms with Crippen LogP contribution in [-0.2, 0) is 0 Å². The van der Waals surface area contributed by atoms with E-state index in [-0.39, 0.29) is 0 Å². The Bertz CT molecular complexity index is 380. The van der Waals surface area contributed by atoms with Gasteiger partial charge in [-0.15, -0.1) is 0 Å². The molecule has 1 aromatic heterocycles. The van der Waals surface area contributed by atoms with Gasteiger partial charge in [0.15, 0.2) is 0 Å². The fourth-order valence-electron chi connectivity index (χ4n) is 0.602. The Morgan fingerprint density at radius 3 is 3.09 bits per heavy atom. The van der Waals surface area contributed by atoms with Crippen molar-refractivity contribution in [3.05, 3.63) is 33.1 Å². The SMILES string of the molecule is [2H]C([2H])([2H])c1ccnc(Cl)c1[N+](=O)[O-]. The van der Waals surface area contributed by atoms with Crippen LogP contribution in [0.2, 0.25) is 5.15 Å². The number of hydrogen-bond donors (Lipinski definition) is 0. The maximum Gasteiger partial charge on any atom is 0.309 e. The Morgan fingerprint density at radius 1 is 1.91 bits per heavy atom. The van der Waals surface area contributed by atoms with Gasteiger partial charge in [-0.3, -0.25) is 10.1 Å². The lowest BCUT2D eigenvalue weighted by Gasteiger charge is -1.95. The minimum absolute atomic E-state index is 0.400. The molecule has 0 aliphatic rings. The van der Waals surface area contributed by atoms with Crippen molar-refractivity contribution in [1.82, 2.24) is 4.98 Å². The van der Waals surface area contributed by atoms with E-state index in [1.54, 1.807) is 0 Å². The molecule has 58 valence electrons.